The first-order valence-electron chi connectivity index (χ1n) is 8.56. The quantitative estimate of drug-likeness (QED) is 0.777. The van der Waals surface area contributed by atoms with Crippen molar-refractivity contribution in [3.05, 3.63) is 58.7 Å². The molecule has 2 aliphatic heterocycles. The fourth-order valence-electron chi connectivity index (χ4n) is 3.65. The third-order valence-electron chi connectivity index (χ3n) is 4.92. The summed E-state index contributed by atoms with van der Waals surface area (Å²) in [4.78, 5) is 9.17. The van der Waals surface area contributed by atoms with Crippen molar-refractivity contribution < 1.29 is 9.26 Å². The van der Waals surface area contributed by atoms with Gasteiger partial charge in [-0.1, -0.05) is 23.4 Å². The SMILES string of the molecule is Cc1ncc2c(c1-c1noc(C3Cc4ccccc4O3)n1)CCNC2. The lowest BCUT2D eigenvalue weighted by Crippen LogP contribution is -2.24. The standard InChI is InChI=1S/C19H18N4O2/c1-11-17(14-6-7-20-9-13(14)10-21-11)18-22-19(25-23-18)16-8-12-4-2-3-5-15(12)24-16/h2-5,10,16,20H,6-9H2,1H3. The number of nitrogens with zero attached hydrogens (tertiary/aromatic N) is 3. The number of aryl methyl sites for hydroxylation is 1. The van der Waals surface area contributed by atoms with Crippen LogP contribution in [0.3, 0.4) is 0 Å². The van der Waals surface area contributed by atoms with Gasteiger partial charge >= 0.3 is 0 Å². The Labute approximate surface area is 145 Å². The molecule has 4 heterocycles. The molecule has 1 N–H and O–H groups in total. The predicted molar refractivity (Wildman–Crippen MR) is 91.2 cm³/mol. The highest BCUT2D eigenvalue weighted by atomic mass is 16.5. The average molecular weight is 334 g/mol. The minimum atomic E-state index is -0.215. The first kappa shape index (κ1) is 14.6. The molecule has 25 heavy (non-hydrogen) atoms. The number of para-hydroxylation sites is 1. The summed E-state index contributed by atoms with van der Waals surface area (Å²) in [5.74, 6) is 2.03. The molecule has 0 aliphatic carbocycles. The van der Waals surface area contributed by atoms with Crippen molar-refractivity contribution in [1.29, 1.82) is 0 Å². The minimum absolute atomic E-state index is 0.215. The zero-order chi connectivity index (χ0) is 16.8. The molecule has 1 atom stereocenters. The van der Waals surface area contributed by atoms with Crippen LogP contribution in [0.25, 0.3) is 11.4 Å². The molecule has 0 spiro atoms. The van der Waals surface area contributed by atoms with Crippen molar-refractivity contribution in [3.8, 4) is 17.1 Å². The van der Waals surface area contributed by atoms with Crippen LogP contribution in [-0.4, -0.2) is 21.7 Å². The number of hydrogen-bond donors (Lipinski definition) is 1. The number of nitrogens with one attached hydrogen (secondary N) is 1. The summed E-state index contributed by atoms with van der Waals surface area (Å²) in [6.07, 6.45) is 3.43. The molecular weight excluding hydrogens is 316 g/mol. The van der Waals surface area contributed by atoms with E-state index in [4.69, 9.17) is 9.26 Å². The monoisotopic (exact) mass is 334 g/mol. The molecule has 2 aliphatic rings. The molecular formula is C19H18N4O2. The van der Waals surface area contributed by atoms with Crippen molar-refractivity contribution in [2.24, 2.45) is 0 Å². The highest BCUT2D eigenvalue weighted by Crippen LogP contribution is 2.37. The third-order valence-corrected chi connectivity index (χ3v) is 4.92. The number of pyridine rings is 1. The van der Waals surface area contributed by atoms with Crippen LogP contribution in [0.1, 0.15) is 34.4 Å². The number of ether oxygens (including phenoxy) is 1. The van der Waals surface area contributed by atoms with Crippen LogP contribution in [0.15, 0.2) is 35.0 Å². The summed E-state index contributed by atoms with van der Waals surface area (Å²) >= 11 is 0. The van der Waals surface area contributed by atoms with Crippen LogP contribution < -0.4 is 10.1 Å². The highest BCUT2D eigenvalue weighted by Gasteiger charge is 2.30. The first-order chi connectivity index (χ1) is 12.3. The van der Waals surface area contributed by atoms with Gasteiger partial charge in [-0.15, -0.1) is 0 Å². The normalized spacial score (nSPS) is 18.5. The van der Waals surface area contributed by atoms with Crippen LogP contribution >= 0.6 is 0 Å². The van der Waals surface area contributed by atoms with E-state index in [-0.39, 0.29) is 6.10 Å². The van der Waals surface area contributed by atoms with Crippen molar-refractivity contribution in [2.75, 3.05) is 6.54 Å². The molecule has 3 aromatic rings. The second kappa shape index (κ2) is 5.67. The third kappa shape index (κ3) is 2.41. The van der Waals surface area contributed by atoms with Crippen molar-refractivity contribution in [2.45, 2.75) is 32.4 Å². The lowest BCUT2D eigenvalue weighted by Gasteiger charge is -2.19. The van der Waals surface area contributed by atoms with E-state index in [2.05, 4.69) is 26.5 Å². The van der Waals surface area contributed by atoms with Crippen LogP contribution in [0.4, 0.5) is 0 Å². The molecule has 0 saturated carbocycles. The van der Waals surface area contributed by atoms with Gasteiger partial charge in [0.25, 0.3) is 5.89 Å². The van der Waals surface area contributed by atoms with Crippen LogP contribution in [0.2, 0.25) is 0 Å². The maximum Gasteiger partial charge on any atom is 0.268 e. The summed E-state index contributed by atoms with van der Waals surface area (Å²) in [5, 5.41) is 7.61. The Morgan fingerprint density at radius 3 is 3.04 bits per heavy atom. The average Bonchev–Trinajstić information content (AvgIpc) is 3.28. The molecule has 2 aromatic heterocycles. The van der Waals surface area contributed by atoms with Gasteiger partial charge in [-0.3, -0.25) is 4.98 Å². The number of rotatable bonds is 2. The lowest BCUT2D eigenvalue weighted by molar-refractivity contribution is 0.183. The highest BCUT2D eigenvalue weighted by molar-refractivity contribution is 5.64. The maximum absolute atomic E-state index is 5.96. The number of aromatic nitrogens is 3. The van der Waals surface area contributed by atoms with E-state index in [1.165, 1.54) is 16.7 Å². The molecule has 6 heteroatoms. The summed E-state index contributed by atoms with van der Waals surface area (Å²) in [5.41, 5.74) is 5.60. The summed E-state index contributed by atoms with van der Waals surface area (Å²) in [6, 6.07) is 8.03. The first-order valence-corrected chi connectivity index (χ1v) is 8.56. The van der Waals surface area contributed by atoms with Crippen molar-refractivity contribution in [1.82, 2.24) is 20.4 Å². The van der Waals surface area contributed by atoms with Crippen LogP contribution in [-0.2, 0) is 19.4 Å². The molecule has 0 bridgehead atoms. The van der Waals surface area contributed by atoms with E-state index in [9.17, 15) is 0 Å². The largest absolute Gasteiger partial charge is 0.480 e. The van der Waals surface area contributed by atoms with Gasteiger partial charge in [0, 0.05) is 30.4 Å². The molecule has 0 saturated heterocycles. The number of benzene rings is 1. The summed E-state index contributed by atoms with van der Waals surface area (Å²) in [6.45, 7) is 3.78. The Hall–Kier alpha value is -2.73. The Kier molecular flexibility index (Phi) is 3.31. The van der Waals surface area contributed by atoms with Crippen molar-refractivity contribution >= 4 is 0 Å². The zero-order valence-electron chi connectivity index (χ0n) is 14.0. The van der Waals surface area contributed by atoms with E-state index < -0.39 is 0 Å². The Morgan fingerprint density at radius 2 is 2.12 bits per heavy atom. The molecule has 0 amide bonds. The Bertz CT molecular complexity index is 925. The second-order valence-electron chi connectivity index (χ2n) is 6.52. The molecule has 0 fully saturated rings. The topological polar surface area (TPSA) is 73.1 Å². The number of hydrogen-bond acceptors (Lipinski definition) is 6. The van der Waals surface area contributed by atoms with Crippen LogP contribution in [0.5, 0.6) is 5.75 Å². The van der Waals surface area contributed by atoms with E-state index in [1.54, 1.807) is 0 Å². The van der Waals surface area contributed by atoms with Crippen LogP contribution in [0, 0.1) is 6.92 Å². The Balaban J connectivity index is 1.50. The molecule has 5 rings (SSSR count). The van der Waals surface area contributed by atoms with Gasteiger partial charge in [0.2, 0.25) is 5.82 Å². The maximum atomic E-state index is 5.96. The molecule has 6 nitrogen and oxygen atoms in total. The fraction of sp³-hybridized carbons (Fsp3) is 0.316. The summed E-state index contributed by atoms with van der Waals surface area (Å²) in [7, 11) is 0. The van der Waals surface area contributed by atoms with E-state index >= 15 is 0 Å². The van der Waals surface area contributed by atoms with Gasteiger partial charge in [-0.25, -0.2) is 0 Å². The van der Waals surface area contributed by atoms with E-state index in [0.29, 0.717) is 11.7 Å². The van der Waals surface area contributed by atoms with Gasteiger partial charge in [-0.05, 0) is 42.6 Å². The van der Waals surface area contributed by atoms with Gasteiger partial charge in [0.05, 0.1) is 0 Å². The molecule has 1 unspecified atom stereocenters. The van der Waals surface area contributed by atoms with Crippen molar-refractivity contribution in [3.63, 3.8) is 0 Å². The van der Waals surface area contributed by atoms with Gasteiger partial charge in [-0.2, -0.15) is 4.98 Å². The zero-order valence-corrected chi connectivity index (χ0v) is 14.0. The van der Waals surface area contributed by atoms with Gasteiger partial charge < -0.3 is 14.6 Å². The second-order valence-corrected chi connectivity index (χ2v) is 6.52. The lowest BCUT2D eigenvalue weighted by atomic mass is 9.95. The molecule has 0 radical (unpaired) electrons. The fourth-order valence-corrected chi connectivity index (χ4v) is 3.65. The summed E-state index contributed by atoms with van der Waals surface area (Å²) < 4.78 is 11.5. The Morgan fingerprint density at radius 1 is 1.20 bits per heavy atom. The molecule has 1 aromatic carbocycles. The molecule has 126 valence electrons. The predicted octanol–water partition coefficient (Wildman–Crippen LogP) is 2.76. The van der Waals surface area contributed by atoms with Gasteiger partial charge in [0.1, 0.15) is 5.75 Å². The number of fused-ring (bicyclic) bond motifs is 2. The van der Waals surface area contributed by atoms with Gasteiger partial charge in [0.15, 0.2) is 6.10 Å². The smallest absolute Gasteiger partial charge is 0.268 e. The minimum Gasteiger partial charge on any atom is -0.480 e. The van der Waals surface area contributed by atoms with E-state index in [0.717, 1.165) is 42.9 Å². The van der Waals surface area contributed by atoms with E-state index in [1.807, 2.05) is 31.3 Å².